The van der Waals surface area contributed by atoms with E-state index < -0.39 is 0 Å². The van der Waals surface area contributed by atoms with Crippen LogP contribution in [0, 0.1) is 4.64 Å². The maximum atomic E-state index is 5.91. The molecular weight excluding hydrogens is 266 g/mol. The monoisotopic (exact) mass is 273 g/mol. The van der Waals surface area contributed by atoms with Crippen LogP contribution >= 0.6 is 23.8 Å². The average molecular weight is 274 g/mol. The van der Waals surface area contributed by atoms with E-state index >= 15 is 0 Å². The van der Waals surface area contributed by atoms with Crippen LogP contribution in [0.5, 0.6) is 0 Å². The molecule has 0 amide bonds. The molecule has 0 unspecified atom stereocenters. The van der Waals surface area contributed by atoms with Crippen molar-refractivity contribution in [2.75, 3.05) is 0 Å². The van der Waals surface area contributed by atoms with Gasteiger partial charge in [0.1, 0.15) is 9.79 Å². The number of rotatable bonds is 1. The van der Waals surface area contributed by atoms with Crippen LogP contribution in [0.2, 0.25) is 5.15 Å². The predicted octanol–water partition coefficient (Wildman–Crippen LogP) is 4.01. The van der Waals surface area contributed by atoms with Crippen LogP contribution < -0.4 is 0 Å². The molecule has 2 heterocycles. The number of pyridine rings is 1. The first kappa shape index (κ1) is 11.3. The van der Waals surface area contributed by atoms with E-state index in [0.717, 1.165) is 21.9 Å². The van der Waals surface area contributed by atoms with Gasteiger partial charge < -0.3 is 0 Å². The summed E-state index contributed by atoms with van der Waals surface area (Å²) in [5.74, 6) is 0. The van der Waals surface area contributed by atoms with Gasteiger partial charge in [0.2, 0.25) is 0 Å². The van der Waals surface area contributed by atoms with Gasteiger partial charge in [0.05, 0.1) is 0 Å². The van der Waals surface area contributed by atoms with Gasteiger partial charge in [-0.05, 0) is 11.5 Å². The van der Waals surface area contributed by atoms with Crippen LogP contribution in [0.1, 0.15) is 0 Å². The van der Waals surface area contributed by atoms with Gasteiger partial charge >= 0.3 is 0 Å². The molecule has 0 bridgehead atoms. The predicted molar refractivity (Wildman–Crippen MR) is 75.2 cm³/mol. The van der Waals surface area contributed by atoms with Crippen LogP contribution in [0.15, 0.2) is 42.7 Å². The molecule has 0 saturated carbocycles. The maximum Gasteiger partial charge on any atom is 0.150 e. The lowest BCUT2D eigenvalue weighted by Crippen LogP contribution is -1.89. The van der Waals surface area contributed by atoms with E-state index in [-0.39, 0.29) is 0 Å². The van der Waals surface area contributed by atoms with Gasteiger partial charge in [-0.25, -0.2) is 0 Å². The summed E-state index contributed by atoms with van der Waals surface area (Å²) >= 11 is 11.2. The molecule has 0 aliphatic heterocycles. The largest absolute Gasteiger partial charge is 0.266 e. The molecular formula is C13H8ClN3S. The van der Waals surface area contributed by atoms with Crippen molar-refractivity contribution < 1.29 is 0 Å². The topological polar surface area (TPSA) is 41.6 Å². The second kappa shape index (κ2) is 4.48. The molecule has 0 spiro atoms. The Morgan fingerprint density at radius 1 is 1.11 bits per heavy atom. The van der Waals surface area contributed by atoms with Gasteiger partial charge in [0, 0.05) is 28.9 Å². The SMILES string of the molecule is S=c1[nH]nc(Cl)cc1-c1cncc2ccccc12. The van der Waals surface area contributed by atoms with Crippen molar-refractivity contribution in [2.24, 2.45) is 0 Å². The van der Waals surface area contributed by atoms with Crippen molar-refractivity contribution in [1.29, 1.82) is 0 Å². The van der Waals surface area contributed by atoms with Crippen LogP contribution in [-0.2, 0) is 0 Å². The normalized spacial score (nSPS) is 10.7. The number of hydrogen-bond donors (Lipinski definition) is 1. The second-order valence-electron chi connectivity index (χ2n) is 3.84. The number of aromatic nitrogens is 3. The number of hydrogen-bond acceptors (Lipinski definition) is 3. The van der Waals surface area contributed by atoms with Crippen molar-refractivity contribution in [3.05, 3.63) is 52.5 Å². The molecule has 3 aromatic rings. The smallest absolute Gasteiger partial charge is 0.150 e. The summed E-state index contributed by atoms with van der Waals surface area (Å²) in [5, 5.41) is 9.14. The standard InChI is InChI=1S/C13H8ClN3S/c14-12-5-10(13(18)17-16-12)11-7-15-6-8-3-1-2-4-9(8)11/h1-7H,(H,17,18). The lowest BCUT2D eigenvalue weighted by atomic mass is 10.0. The second-order valence-corrected chi connectivity index (χ2v) is 4.64. The van der Waals surface area contributed by atoms with Gasteiger partial charge in [0.25, 0.3) is 0 Å². The Labute approximate surface area is 113 Å². The van der Waals surface area contributed by atoms with E-state index in [2.05, 4.69) is 15.2 Å². The highest BCUT2D eigenvalue weighted by Gasteiger charge is 2.07. The van der Waals surface area contributed by atoms with Crippen molar-refractivity contribution >= 4 is 34.6 Å². The summed E-state index contributed by atoms with van der Waals surface area (Å²) < 4.78 is 0.553. The van der Waals surface area contributed by atoms with Gasteiger partial charge in [-0.3, -0.25) is 10.1 Å². The minimum atomic E-state index is 0.381. The van der Waals surface area contributed by atoms with Crippen LogP contribution in [0.25, 0.3) is 21.9 Å². The average Bonchev–Trinajstić information content (AvgIpc) is 2.41. The highest BCUT2D eigenvalue weighted by molar-refractivity contribution is 7.71. The van der Waals surface area contributed by atoms with E-state index in [9.17, 15) is 0 Å². The lowest BCUT2D eigenvalue weighted by molar-refractivity contribution is 1.02. The molecule has 0 radical (unpaired) electrons. The molecule has 0 fully saturated rings. The van der Waals surface area contributed by atoms with Crippen LogP contribution in [0.3, 0.4) is 0 Å². The molecule has 0 atom stereocenters. The Balaban J connectivity index is 2.38. The number of halogens is 1. The fourth-order valence-electron chi connectivity index (χ4n) is 1.91. The zero-order chi connectivity index (χ0) is 12.5. The molecule has 1 aromatic carbocycles. The highest BCUT2D eigenvalue weighted by atomic mass is 35.5. The Morgan fingerprint density at radius 2 is 1.94 bits per heavy atom. The molecule has 0 aliphatic rings. The summed E-state index contributed by atoms with van der Waals surface area (Å²) in [5.41, 5.74) is 1.80. The molecule has 0 aliphatic carbocycles. The maximum absolute atomic E-state index is 5.91. The molecule has 5 heteroatoms. The summed E-state index contributed by atoms with van der Waals surface area (Å²) in [4.78, 5) is 4.24. The van der Waals surface area contributed by atoms with Crippen molar-refractivity contribution in [2.45, 2.75) is 0 Å². The van der Waals surface area contributed by atoms with Gasteiger partial charge in [-0.15, -0.1) is 0 Å². The van der Waals surface area contributed by atoms with E-state index in [1.54, 1.807) is 12.3 Å². The first-order valence-electron chi connectivity index (χ1n) is 5.34. The Morgan fingerprint density at radius 3 is 2.83 bits per heavy atom. The molecule has 3 rings (SSSR count). The number of fused-ring (bicyclic) bond motifs is 1. The summed E-state index contributed by atoms with van der Waals surface area (Å²) in [6.45, 7) is 0. The van der Waals surface area contributed by atoms with E-state index in [4.69, 9.17) is 23.8 Å². The van der Waals surface area contributed by atoms with Crippen molar-refractivity contribution in [3.63, 3.8) is 0 Å². The Kier molecular flexibility index (Phi) is 2.81. The first-order chi connectivity index (χ1) is 8.75. The molecule has 18 heavy (non-hydrogen) atoms. The van der Waals surface area contributed by atoms with Crippen LogP contribution in [0.4, 0.5) is 0 Å². The summed E-state index contributed by atoms with van der Waals surface area (Å²) in [7, 11) is 0. The number of benzene rings is 1. The van der Waals surface area contributed by atoms with Gasteiger partial charge in [-0.1, -0.05) is 48.1 Å². The first-order valence-corrected chi connectivity index (χ1v) is 6.12. The quantitative estimate of drug-likeness (QED) is 0.681. The summed E-state index contributed by atoms with van der Waals surface area (Å²) in [6.07, 6.45) is 3.62. The minimum absolute atomic E-state index is 0.381. The number of aromatic amines is 1. The molecule has 0 saturated heterocycles. The highest BCUT2D eigenvalue weighted by Crippen LogP contribution is 2.28. The van der Waals surface area contributed by atoms with E-state index in [1.807, 2.05) is 30.5 Å². The van der Waals surface area contributed by atoms with Crippen LogP contribution in [-0.4, -0.2) is 15.2 Å². The number of H-pyrrole nitrogens is 1. The minimum Gasteiger partial charge on any atom is -0.266 e. The zero-order valence-electron chi connectivity index (χ0n) is 9.22. The van der Waals surface area contributed by atoms with Gasteiger partial charge in [-0.2, -0.15) is 5.10 Å². The molecule has 3 nitrogen and oxygen atoms in total. The third kappa shape index (κ3) is 1.89. The number of nitrogens with zero attached hydrogens (tertiary/aromatic N) is 2. The van der Waals surface area contributed by atoms with Crippen molar-refractivity contribution in [1.82, 2.24) is 15.2 Å². The Bertz CT molecular complexity index is 777. The molecule has 2 aromatic heterocycles. The Hall–Kier alpha value is -1.78. The van der Waals surface area contributed by atoms with Crippen molar-refractivity contribution in [3.8, 4) is 11.1 Å². The fourth-order valence-corrected chi connectivity index (χ4v) is 2.28. The van der Waals surface area contributed by atoms with E-state index in [1.165, 1.54) is 0 Å². The van der Waals surface area contributed by atoms with E-state index in [0.29, 0.717) is 9.79 Å². The summed E-state index contributed by atoms with van der Waals surface area (Å²) in [6, 6.07) is 9.77. The molecule has 1 N–H and O–H groups in total. The fraction of sp³-hybridized carbons (Fsp3) is 0. The zero-order valence-corrected chi connectivity index (χ0v) is 10.8. The molecule has 88 valence electrons. The number of nitrogens with one attached hydrogen (secondary N) is 1. The lowest BCUT2D eigenvalue weighted by Gasteiger charge is -2.06. The van der Waals surface area contributed by atoms with Gasteiger partial charge in [0.15, 0.2) is 0 Å². The third-order valence-electron chi connectivity index (χ3n) is 2.73. The third-order valence-corrected chi connectivity index (χ3v) is 3.24.